The summed E-state index contributed by atoms with van der Waals surface area (Å²) in [6, 6.07) is 9.10. The summed E-state index contributed by atoms with van der Waals surface area (Å²) in [4.78, 5) is 22.4. The zero-order valence-electron chi connectivity index (χ0n) is 9.42. The van der Waals surface area contributed by atoms with E-state index in [0.717, 1.165) is 11.8 Å². The standard InChI is InChI=1S/C13H11NO4/c15-11-4-1-9(2-5-11)7-14-13(17)10-3-6-12(16)18-8-10/h1-6,8,15H,7H2,(H,14,17). The molecule has 0 saturated carbocycles. The molecule has 2 N–H and O–H groups in total. The number of nitrogens with one attached hydrogen (secondary N) is 1. The maximum atomic E-state index is 11.7. The van der Waals surface area contributed by atoms with E-state index < -0.39 is 5.63 Å². The van der Waals surface area contributed by atoms with Crippen LogP contribution in [-0.2, 0) is 6.54 Å². The Morgan fingerprint density at radius 2 is 1.89 bits per heavy atom. The summed E-state index contributed by atoms with van der Waals surface area (Å²) in [7, 11) is 0. The van der Waals surface area contributed by atoms with E-state index >= 15 is 0 Å². The molecular formula is C13H11NO4. The predicted molar refractivity (Wildman–Crippen MR) is 64.3 cm³/mol. The Morgan fingerprint density at radius 1 is 1.17 bits per heavy atom. The molecule has 0 aliphatic heterocycles. The summed E-state index contributed by atoms with van der Waals surface area (Å²) >= 11 is 0. The molecule has 0 unspecified atom stereocenters. The fraction of sp³-hybridized carbons (Fsp3) is 0.0769. The highest BCUT2D eigenvalue weighted by Crippen LogP contribution is 2.09. The van der Waals surface area contributed by atoms with Crippen molar-refractivity contribution in [1.29, 1.82) is 0 Å². The number of phenolic OH excluding ortho intramolecular Hbond substituents is 1. The molecule has 0 fully saturated rings. The van der Waals surface area contributed by atoms with Crippen LogP contribution < -0.4 is 10.9 Å². The van der Waals surface area contributed by atoms with Crippen LogP contribution in [0.15, 0.2) is 51.9 Å². The van der Waals surface area contributed by atoms with Crippen LogP contribution in [0.5, 0.6) is 5.75 Å². The smallest absolute Gasteiger partial charge is 0.335 e. The van der Waals surface area contributed by atoms with Gasteiger partial charge in [0.05, 0.1) is 5.56 Å². The van der Waals surface area contributed by atoms with Crippen LogP contribution in [0.1, 0.15) is 15.9 Å². The van der Waals surface area contributed by atoms with Gasteiger partial charge in [-0.05, 0) is 23.8 Å². The second-order valence-electron chi connectivity index (χ2n) is 3.69. The molecule has 5 heteroatoms. The van der Waals surface area contributed by atoms with Crippen LogP contribution in [-0.4, -0.2) is 11.0 Å². The molecule has 0 bridgehead atoms. The highest BCUT2D eigenvalue weighted by molar-refractivity contribution is 5.93. The molecule has 2 rings (SSSR count). The SMILES string of the molecule is O=C(NCc1ccc(O)cc1)c1ccc(=O)oc1. The molecule has 0 spiro atoms. The van der Waals surface area contributed by atoms with Crippen molar-refractivity contribution in [1.82, 2.24) is 5.32 Å². The van der Waals surface area contributed by atoms with Crippen LogP contribution in [0.3, 0.4) is 0 Å². The molecule has 1 amide bonds. The number of rotatable bonds is 3. The van der Waals surface area contributed by atoms with Crippen molar-refractivity contribution in [2.24, 2.45) is 0 Å². The number of carbonyl (C=O) groups is 1. The summed E-state index contributed by atoms with van der Waals surface area (Å²) in [5.41, 5.74) is 0.650. The van der Waals surface area contributed by atoms with E-state index in [4.69, 9.17) is 5.11 Å². The Morgan fingerprint density at radius 3 is 2.50 bits per heavy atom. The fourth-order valence-electron chi connectivity index (χ4n) is 1.39. The highest BCUT2D eigenvalue weighted by atomic mass is 16.4. The van der Waals surface area contributed by atoms with E-state index in [9.17, 15) is 9.59 Å². The lowest BCUT2D eigenvalue weighted by Gasteiger charge is -2.04. The molecule has 0 radical (unpaired) electrons. The molecule has 2 aromatic rings. The number of benzene rings is 1. The Hall–Kier alpha value is -2.56. The predicted octanol–water partition coefficient (Wildman–Crippen LogP) is 1.28. The van der Waals surface area contributed by atoms with Gasteiger partial charge in [-0.25, -0.2) is 4.79 Å². The van der Waals surface area contributed by atoms with Gasteiger partial charge >= 0.3 is 5.63 Å². The van der Waals surface area contributed by atoms with Crippen LogP contribution in [0, 0.1) is 0 Å². The van der Waals surface area contributed by atoms with Crippen molar-refractivity contribution in [2.45, 2.75) is 6.54 Å². The minimum absolute atomic E-state index is 0.176. The first-order valence-electron chi connectivity index (χ1n) is 5.30. The van der Waals surface area contributed by atoms with Crippen molar-refractivity contribution >= 4 is 5.91 Å². The number of hydrogen-bond donors (Lipinski definition) is 2. The van der Waals surface area contributed by atoms with Crippen LogP contribution in [0.2, 0.25) is 0 Å². The van der Waals surface area contributed by atoms with Crippen LogP contribution >= 0.6 is 0 Å². The molecule has 1 aromatic heterocycles. The van der Waals surface area contributed by atoms with Gasteiger partial charge in [-0.3, -0.25) is 4.79 Å². The second kappa shape index (κ2) is 5.18. The Kier molecular flexibility index (Phi) is 3.43. The third-order valence-corrected chi connectivity index (χ3v) is 2.35. The first kappa shape index (κ1) is 11.9. The first-order valence-corrected chi connectivity index (χ1v) is 5.30. The van der Waals surface area contributed by atoms with Crippen molar-refractivity contribution in [2.75, 3.05) is 0 Å². The van der Waals surface area contributed by atoms with Gasteiger partial charge in [0.15, 0.2) is 0 Å². The molecule has 1 aromatic carbocycles. The third kappa shape index (κ3) is 2.98. The summed E-state index contributed by atoms with van der Waals surface area (Å²) in [5.74, 6) is -0.151. The van der Waals surface area contributed by atoms with Gasteiger partial charge in [-0.1, -0.05) is 12.1 Å². The van der Waals surface area contributed by atoms with E-state index in [1.54, 1.807) is 24.3 Å². The topological polar surface area (TPSA) is 79.5 Å². The Labute approximate surface area is 103 Å². The zero-order valence-corrected chi connectivity index (χ0v) is 9.42. The van der Waals surface area contributed by atoms with Gasteiger partial charge in [0.25, 0.3) is 5.91 Å². The van der Waals surface area contributed by atoms with Gasteiger partial charge in [0, 0.05) is 12.6 Å². The maximum absolute atomic E-state index is 11.7. The lowest BCUT2D eigenvalue weighted by Crippen LogP contribution is -2.23. The van der Waals surface area contributed by atoms with Crippen molar-refractivity contribution in [3.63, 3.8) is 0 Å². The number of aromatic hydroxyl groups is 1. The largest absolute Gasteiger partial charge is 0.508 e. The molecule has 5 nitrogen and oxygen atoms in total. The molecule has 18 heavy (non-hydrogen) atoms. The summed E-state index contributed by atoms with van der Waals surface area (Å²) in [6.07, 6.45) is 1.12. The molecule has 0 saturated heterocycles. The van der Waals surface area contributed by atoms with Gasteiger partial charge in [0.2, 0.25) is 0 Å². The average molecular weight is 245 g/mol. The van der Waals surface area contributed by atoms with Gasteiger partial charge < -0.3 is 14.8 Å². The molecule has 0 aliphatic rings. The van der Waals surface area contributed by atoms with Crippen LogP contribution in [0.4, 0.5) is 0 Å². The number of hydrogen-bond acceptors (Lipinski definition) is 4. The first-order chi connectivity index (χ1) is 8.65. The van der Waals surface area contributed by atoms with Gasteiger partial charge in [0.1, 0.15) is 12.0 Å². The maximum Gasteiger partial charge on any atom is 0.335 e. The number of phenols is 1. The molecule has 1 heterocycles. The minimum Gasteiger partial charge on any atom is -0.508 e. The zero-order chi connectivity index (χ0) is 13.0. The average Bonchev–Trinajstić information content (AvgIpc) is 2.38. The van der Waals surface area contributed by atoms with Crippen molar-refractivity contribution < 1.29 is 14.3 Å². The van der Waals surface area contributed by atoms with Crippen molar-refractivity contribution in [3.8, 4) is 5.75 Å². The second-order valence-corrected chi connectivity index (χ2v) is 3.69. The van der Waals surface area contributed by atoms with E-state index in [1.807, 2.05) is 0 Å². The quantitative estimate of drug-likeness (QED) is 0.853. The van der Waals surface area contributed by atoms with E-state index in [1.165, 1.54) is 12.1 Å². The summed E-state index contributed by atoms with van der Waals surface area (Å²) < 4.78 is 4.60. The molecular weight excluding hydrogens is 234 g/mol. The van der Waals surface area contributed by atoms with Crippen LogP contribution in [0.25, 0.3) is 0 Å². The third-order valence-electron chi connectivity index (χ3n) is 2.35. The summed E-state index contributed by atoms with van der Waals surface area (Å²) in [6.45, 7) is 0.332. The van der Waals surface area contributed by atoms with E-state index in [2.05, 4.69) is 9.73 Å². The summed E-state index contributed by atoms with van der Waals surface area (Å²) in [5, 5.41) is 11.8. The van der Waals surface area contributed by atoms with Gasteiger partial charge in [-0.2, -0.15) is 0 Å². The molecule has 92 valence electrons. The highest BCUT2D eigenvalue weighted by Gasteiger charge is 2.05. The normalized spacial score (nSPS) is 10.0. The van der Waals surface area contributed by atoms with Gasteiger partial charge in [-0.15, -0.1) is 0 Å². The molecule has 0 aliphatic carbocycles. The minimum atomic E-state index is -0.495. The van der Waals surface area contributed by atoms with E-state index in [0.29, 0.717) is 6.54 Å². The van der Waals surface area contributed by atoms with Crippen molar-refractivity contribution in [3.05, 3.63) is 64.2 Å². The lowest BCUT2D eigenvalue weighted by atomic mass is 10.2. The van der Waals surface area contributed by atoms with E-state index in [-0.39, 0.29) is 17.2 Å². The Balaban J connectivity index is 1.98. The fourth-order valence-corrected chi connectivity index (χ4v) is 1.39. The number of carbonyl (C=O) groups excluding carboxylic acids is 1. The Bertz CT molecular complexity index is 581. The monoisotopic (exact) mass is 245 g/mol. The molecule has 0 atom stereocenters. The number of amides is 1. The lowest BCUT2D eigenvalue weighted by molar-refractivity contribution is 0.0948.